The Balaban J connectivity index is 1.61. The fourth-order valence-electron chi connectivity index (χ4n) is 2.43. The third-order valence-electron chi connectivity index (χ3n) is 3.79. The van der Waals surface area contributed by atoms with Crippen LogP contribution in [0.4, 0.5) is 11.5 Å². The Bertz CT molecular complexity index is 519. The Hall–Kier alpha value is -2.05. The lowest BCUT2D eigenvalue weighted by Gasteiger charge is -2.34. The maximum absolute atomic E-state index is 9.80. The van der Waals surface area contributed by atoms with Gasteiger partial charge in [0.25, 0.3) is 0 Å². The molecule has 21 heavy (non-hydrogen) atoms. The van der Waals surface area contributed by atoms with Gasteiger partial charge in [-0.3, -0.25) is 10.4 Å². The average molecular weight is 287 g/mol. The molecule has 0 spiro atoms. The van der Waals surface area contributed by atoms with Gasteiger partial charge in [0.1, 0.15) is 5.82 Å². The number of hydrogen-bond donors (Lipinski definition) is 2. The van der Waals surface area contributed by atoms with Crippen LogP contribution in [0, 0.1) is 0 Å². The van der Waals surface area contributed by atoms with E-state index in [1.54, 1.807) is 17.3 Å². The molecule has 1 saturated heterocycles. The molecule has 6 heteroatoms. The van der Waals surface area contributed by atoms with Crippen LogP contribution in [0.1, 0.15) is 0 Å². The Kier molecular flexibility index (Phi) is 4.08. The molecule has 3 rings (SSSR count). The molecule has 2 aliphatic heterocycles. The first-order chi connectivity index (χ1) is 10.2. The van der Waals surface area contributed by atoms with E-state index in [9.17, 15) is 5.11 Å². The molecule has 0 bridgehead atoms. The zero-order chi connectivity index (χ0) is 14.7. The van der Waals surface area contributed by atoms with E-state index < -0.39 is 6.23 Å². The van der Waals surface area contributed by atoms with Gasteiger partial charge in [0.2, 0.25) is 0 Å². The molecule has 2 aliphatic rings. The summed E-state index contributed by atoms with van der Waals surface area (Å²) in [4.78, 5) is 9.10. The number of piperazine rings is 1. The van der Waals surface area contributed by atoms with Crippen molar-refractivity contribution < 1.29 is 5.11 Å². The highest BCUT2D eigenvalue weighted by Gasteiger charge is 2.15. The Labute approximate surface area is 125 Å². The number of aliphatic hydroxyl groups is 1. The van der Waals surface area contributed by atoms with Gasteiger partial charge >= 0.3 is 0 Å². The normalized spacial score (nSPS) is 22.7. The largest absolute Gasteiger partial charge is 0.368 e. The fourth-order valence-corrected chi connectivity index (χ4v) is 2.43. The molecule has 0 aliphatic carbocycles. The summed E-state index contributed by atoms with van der Waals surface area (Å²) in [5.74, 6) is 0.715. The van der Waals surface area contributed by atoms with Gasteiger partial charge in [-0.2, -0.15) is 0 Å². The second-order valence-corrected chi connectivity index (χ2v) is 5.35. The highest BCUT2D eigenvalue weighted by atomic mass is 16.3. The van der Waals surface area contributed by atoms with Gasteiger partial charge in [-0.1, -0.05) is 6.08 Å². The Morgan fingerprint density at radius 1 is 1.19 bits per heavy atom. The maximum atomic E-state index is 9.80. The first-order valence-corrected chi connectivity index (χ1v) is 7.20. The molecule has 1 aromatic heterocycles. The number of pyridine rings is 1. The number of nitrogens with one attached hydrogen (secondary N) is 1. The van der Waals surface area contributed by atoms with Crippen molar-refractivity contribution in [2.45, 2.75) is 6.23 Å². The first kappa shape index (κ1) is 13.9. The highest BCUT2D eigenvalue weighted by molar-refractivity contribution is 5.49. The maximum Gasteiger partial charge on any atom is 0.164 e. The number of anilines is 2. The summed E-state index contributed by atoms with van der Waals surface area (Å²) in [5.41, 5.74) is 4.22. The van der Waals surface area contributed by atoms with E-state index in [2.05, 4.69) is 33.3 Å². The standard InChI is InChI=1S/C15H21N5O/c1-18-8-10-19(11-9-18)13-5-6-14(16-12-13)17-20-7-3-2-4-15(20)21/h2-7,12,15,21H,8-11H2,1H3,(H,16,17). The minimum atomic E-state index is -0.672. The summed E-state index contributed by atoms with van der Waals surface area (Å²) in [7, 11) is 2.15. The number of hydrogen-bond acceptors (Lipinski definition) is 6. The van der Waals surface area contributed by atoms with Gasteiger partial charge in [0, 0.05) is 32.4 Å². The lowest BCUT2D eigenvalue weighted by atomic mass is 10.3. The second-order valence-electron chi connectivity index (χ2n) is 5.35. The fraction of sp³-hybridized carbons (Fsp3) is 0.400. The van der Waals surface area contributed by atoms with Crippen molar-refractivity contribution in [3.63, 3.8) is 0 Å². The summed E-state index contributed by atoms with van der Waals surface area (Å²) in [6, 6.07) is 4.00. The third-order valence-corrected chi connectivity index (χ3v) is 3.79. The number of rotatable bonds is 3. The molecule has 1 unspecified atom stereocenters. The predicted octanol–water partition coefficient (Wildman–Crippen LogP) is 0.864. The molecular weight excluding hydrogens is 266 g/mol. The average Bonchev–Trinajstić information content (AvgIpc) is 2.51. The number of allylic oxidation sites excluding steroid dienone is 2. The van der Waals surface area contributed by atoms with E-state index in [0.29, 0.717) is 5.82 Å². The number of likely N-dealkylation sites (N-methyl/N-ethyl adjacent to an activating group) is 1. The molecule has 6 nitrogen and oxygen atoms in total. The number of aliphatic hydroxyl groups excluding tert-OH is 1. The number of nitrogens with zero attached hydrogens (tertiary/aromatic N) is 4. The van der Waals surface area contributed by atoms with Gasteiger partial charge in [-0.25, -0.2) is 4.98 Å². The van der Waals surface area contributed by atoms with E-state index in [-0.39, 0.29) is 0 Å². The minimum Gasteiger partial charge on any atom is -0.368 e. The van der Waals surface area contributed by atoms with Crippen LogP contribution in [-0.2, 0) is 0 Å². The predicted molar refractivity (Wildman–Crippen MR) is 83.7 cm³/mol. The van der Waals surface area contributed by atoms with Gasteiger partial charge < -0.3 is 14.9 Å². The molecule has 0 saturated carbocycles. The van der Waals surface area contributed by atoms with Crippen molar-refractivity contribution in [3.8, 4) is 0 Å². The van der Waals surface area contributed by atoms with Crippen LogP contribution in [0.15, 0.2) is 42.8 Å². The van der Waals surface area contributed by atoms with Crippen LogP contribution in [0.2, 0.25) is 0 Å². The summed E-state index contributed by atoms with van der Waals surface area (Å²) in [6.07, 6.45) is 8.36. The third kappa shape index (κ3) is 3.34. The molecule has 1 aromatic rings. The van der Waals surface area contributed by atoms with Crippen molar-refractivity contribution >= 4 is 11.5 Å². The molecule has 0 aromatic carbocycles. The van der Waals surface area contributed by atoms with Crippen LogP contribution in [-0.4, -0.2) is 59.5 Å². The van der Waals surface area contributed by atoms with Crippen LogP contribution >= 0.6 is 0 Å². The zero-order valence-corrected chi connectivity index (χ0v) is 12.2. The molecule has 112 valence electrons. The molecule has 1 atom stereocenters. The van der Waals surface area contributed by atoms with Crippen molar-refractivity contribution in [1.29, 1.82) is 0 Å². The molecule has 0 amide bonds. The Morgan fingerprint density at radius 2 is 2.00 bits per heavy atom. The summed E-state index contributed by atoms with van der Waals surface area (Å²) >= 11 is 0. The lowest BCUT2D eigenvalue weighted by molar-refractivity contribution is 0.0958. The smallest absolute Gasteiger partial charge is 0.164 e. The second kappa shape index (κ2) is 6.15. The molecular formula is C15H21N5O. The van der Waals surface area contributed by atoms with E-state index in [4.69, 9.17) is 0 Å². The van der Waals surface area contributed by atoms with Crippen molar-refractivity contribution in [2.24, 2.45) is 0 Å². The van der Waals surface area contributed by atoms with E-state index in [1.165, 1.54) is 0 Å². The van der Waals surface area contributed by atoms with Gasteiger partial charge in [0.05, 0.1) is 11.9 Å². The molecule has 2 N–H and O–H groups in total. The first-order valence-electron chi connectivity index (χ1n) is 7.20. The number of aromatic nitrogens is 1. The lowest BCUT2D eigenvalue weighted by Crippen LogP contribution is -2.44. The SMILES string of the molecule is CN1CCN(c2ccc(NN3C=CC=CC3O)nc2)CC1. The quantitative estimate of drug-likeness (QED) is 0.860. The molecule has 3 heterocycles. The van der Waals surface area contributed by atoms with Gasteiger partial charge in [0.15, 0.2) is 6.23 Å². The number of hydrazine groups is 1. The Morgan fingerprint density at radius 3 is 2.67 bits per heavy atom. The highest BCUT2D eigenvalue weighted by Crippen LogP contribution is 2.18. The van der Waals surface area contributed by atoms with E-state index in [0.717, 1.165) is 31.9 Å². The van der Waals surface area contributed by atoms with E-state index >= 15 is 0 Å². The van der Waals surface area contributed by atoms with Crippen LogP contribution in [0.3, 0.4) is 0 Å². The molecule has 0 radical (unpaired) electrons. The van der Waals surface area contributed by atoms with Crippen molar-refractivity contribution in [2.75, 3.05) is 43.6 Å². The van der Waals surface area contributed by atoms with Gasteiger partial charge in [-0.05, 0) is 31.3 Å². The minimum absolute atomic E-state index is 0.672. The van der Waals surface area contributed by atoms with Crippen molar-refractivity contribution in [3.05, 3.63) is 42.8 Å². The monoisotopic (exact) mass is 287 g/mol. The summed E-state index contributed by atoms with van der Waals surface area (Å²) in [6.45, 7) is 4.22. The van der Waals surface area contributed by atoms with Crippen LogP contribution in [0.25, 0.3) is 0 Å². The van der Waals surface area contributed by atoms with E-state index in [1.807, 2.05) is 24.4 Å². The summed E-state index contributed by atoms with van der Waals surface area (Å²) in [5, 5.41) is 11.4. The molecule has 1 fully saturated rings. The topological polar surface area (TPSA) is 54.9 Å². The van der Waals surface area contributed by atoms with Crippen LogP contribution in [0.5, 0.6) is 0 Å². The van der Waals surface area contributed by atoms with Gasteiger partial charge in [-0.15, -0.1) is 0 Å². The van der Waals surface area contributed by atoms with Crippen LogP contribution < -0.4 is 10.3 Å². The van der Waals surface area contributed by atoms with Crippen molar-refractivity contribution in [1.82, 2.24) is 14.9 Å². The summed E-state index contributed by atoms with van der Waals surface area (Å²) < 4.78 is 0. The zero-order valence-electron chi connectivity index (χ0n) is 12.2.